The van der Waals surface area contributed by atoms with Crippen molar-refractivity contribution in [3.05, 3.63) is 47.5 Å². The van der Waals surface area contributed by atoms with Gasteiger partial charge in [0.05, 0.1) is 6.10 Å². The molecule has 1 nitrogen and oxygen atoms in total. The predicted octanol–water partition coefficient (Wildman–Crippen LogP) is 5.64. The van der Waals surface area contributed by atoms with Crippen LogP contribution in [0.3, 0.4) is 0 Å². The van der Waals surface area contributed by atoms with E-state index in [1.807, 2.05) is 0 Å². The molecule has 21 heavy (non-hydrogen) atoms. The first-order valence-electron chi connectivity index (χ1n) is 7.94. The summed E-state index contributed by atoms with van der Waals surface area (Å²) >= 11 is 0. The summed E-state index contributed by atoms with van der Waals surface area (Å²) in [4.78, 5) is 0. The maximum absolute atomic E-state index is 10.8. The molecule has 2 atom stereocenters. The molecule has 0 amide bonds. The largest absolute Gasteiger partial charge is 0.388 e. The first-order valence-corrected chi connectivity index (χ1v) is 7.94. The van der Waals surface area contributed by atoms with Crippen LogP contribution >= 0.6 is 0 Å². The number of hydrogen-bond donors (Lipinski definition) is 1. The van der Waals surface area contributed by atoms with Crippen molar-refractivity contribution in [2.45, 2.75) is 53.6 Å². The summed E-state index contributed by atoms with van der Waals surface area (Å²) in [5, 5.41) is 13.2. The first-order chi connectivity index (χ1) is 9.78. The number of benzene rings is 2. The highest BCUT2D eigenvalue weighted by atomic mass is 16.3. The lowest BCUT2D eigenvalue weighted by molar-refractivity contribution is 0.135. The standard InChI is InChI=1S/C20H28O/c1-14(13-20(3,4)5)12-18(21)19-15(2)10-11-16-8-6-7-9-17(16)19/h6-11,14,18,21H,12-13H2,1-5H3. The van der Waals surface area contributed by atoms with Crippen molar-refractivity contribution in [1.82, 2.24) is 0 Å². The highest BCUT2D eigenvalue weighted by Gasteiger charge is 2.21. The molecule has 2 unspecified atom stereocenters. The molecule has 114 valence electrons. The number of aliphatic hydroxyl groups excluding tert-OH is 1. The lowest BCUT2D eigenvalue weighted by Crippen LogP contribution is -2.14. The van der Waals surface area contributed by atoms with Crippen molar-refractivity contribution in [1.29, 1.82) is 0 Å². The number of aliphatic hydroxyl groups is 1. The number of aryl methyl sites for hydroxylation is 1. The zero-order valence-corrected chi connectivity index (χ0v) is 14.0. The van der Waals surface area contributed by atoms with Crippen molar-refractivity contribution in [3.8, 4) is 0 Å². The Morgan fingerprint density at radius 1 is 1.05 bits per heavy atom. The van der Waals surface area contributed by atoms with E-state index in [-0.39, 0.29) is 6.10 Å². The molecular weight excluding hydrogens is 256 g/mol. The van der Waals surface area contributed by atoms with Crippen LogP contribution in [0.25, 0.3) is 10.8 Å². The van der Waals surface area contributed by atoms with E-state index in [1.54, 1.807) is 0 Å². The molecular formula is C20H28O. The summed E-state index contributed by atoms with van der Waals surface area (Å²) in [6.45, 7) is 11.1. The smallest absolute Gasteiger partial charge is 0.0801 e. The van der Waals surface area contributed by atoms with Gasteiger partial charge in [-0.2, -0.15) is 0 Å². The number of hydrogen-bond acceptors (Lipinski definition) is 1. The molecule has 2 rings (SSSR count). The topological polar surface area (TPSA) is 20.2 Å². The average molecular weight is 284 g/mol. The average Bonchev–Trinajstić information content (AvgIpc) is 2.35. The third-order valence-electron chi connectivity index (χ3n) is 4.11. The third-order valence-corrected chi connectivity index (χ3v) is 4.11. The normalized spacial score (nSPS) is 15.1. The quantitative estimate of drug-likeness (QED) is 0.769. The molecule has 0 saturated heterocycles. The molecule has 0 aromatic heterocycles. The number of fused-ring (bicyclic) bond motifs is 1. The minimum atomic E-state index is -0.381. The lowest BCUT2D eigenvalue weighted by Gasteiger charge is -2.26. The first kappa shape index (κ1) is 16.0. The van der Waals surface area contributed by atoms with Gasteiger partial charge >= 0.3 is 0 Å². The summed E-state index contributed by atoms with van der Waals surface area (Å²) in [6, 6.07) is 12.6. The minimum absolute atomic E-state index is 0.312. The lowest BCUT2D eigenvalue weighted by atomic mass is 9.81. The second-order valence-corrected chi connectivity index (χ2v) is 7.64. The number of rotatable bonds is 4. The highest BCUT2D eigenvalue weighted by Crippen LogP contribution is 2.34. The van der Waals surface area contributed by atoms with Gasteiger partial charge in [-0.1, -0.05) is 64.1 Å². The van der Waals surface area contributed by atoms with E-state index >= 15 is 0 Å². The Morgan fingerprint density at radius 3 is 2.38 bits per heavy atom. The molecule has 0 fully saturated rings. The van der Waals surface area contributed by atoms with E-state index in [4.69, 9.17) is 0 Å². The summed E-state index contributed by atoms with van der Waals surface area (Å²) in [6.07, 6.45) is 1.58. The zero-order valence-electron chi connectivity index (χ0n) is 14.0. The van der Waals surface area contributed by atoms with Crippen LogP contribution in [0.4, 0.5) is 0 Å². The maximum atomic E-state index is 10.8. The van der Waals surface area contributed by atoms with E-state index < -0.39 is 0 Å². The maximum Gasteiger partial charge on any atom is 0.0801 e. The second-order valence-electron chi connectivity index (χ2n) is 7.64. The molecule has 1 heteroatoms. The Hall–Kier alpha value is -1.34. The Balaban J connectivity index is 2.27. The molecule has 0 radical (unpaired) electrons. The monoisotopic (exact) mass is 284 g/mol. The van der Waals surface area contributed by atoms with Crippen molar-refractivity contribution in [3.63, 3.8) is 0 Å². The molecule has 0 aliphatic rings. The molecule has 0 aliphatic carbocycles. The summed E-state index contributed by atoms with van der Waals surface area (Å²) in [7, 11) is 0. The fourth-order valence-corrected chi connectivity index (χ4v) is 3.47. The summed E-state index contributed by atoms with van der Waals surface area (Å²) in [5.41, 5.74) is 2.60. The third kappa shape index (κ3) is 4.07. The fraction of sp³-hybridized carbons (Fsp3) is 0.500. The molecule has 0 saturated carbocycles. The molecule has 2 aromatic carbocycles. The van der Waals surface area contributed by atoms with Gasteiger partial charge < -0.3 is 5.11 Å². The van der Waals surface area contributed by atoms with Crippen molar-refractivity contribution < 1.29 is 5.11 Å². The van der Waals surface area contributed by atoms with Gasteiger partial charge in [0.1, 0.15) is 0 Å². The van der Waals surface area contributed by atoms with Crippen LogP contribution in [-0.2, 0) is 0 Å². The van der Waals surface area contributed by atoms with Crippen LogP contribution in [-0.4, -0.2) is 5.11 Å². The molecule has 0 aliphatic heterocycles. The van der Waals surface area contributed by atoms with Crippen LogP contribution in [0.1, 0.15) is 57.8 Å². The van der Waals surface area contributed by atoms with E-state index in [1.165, 1.54) is 16.3 Å². The van der Waals surface area contributed by atoms with E-state index in [9.17, 15) is 5.11 Å². The van der Waals surface area contributed by atoms with E-state index in [0.29, 0.717) is 11.3 Å². The fourth-order valence-electron chi connectivity index (χ4n) is 3.47. The van der Waals surface area contributed by atoms with Gasteiger partial charge in [-0.3, -0.25) is 0 Å². The molecule has 2 aromatic rings. The minimum Gasteiger partial charge on any atom is -0.388 e. The van der Waals surface area contributed by atoms with Gasteiger partial charge in [-0.05, 0) is 53.0 Å². The van der Waals surface area contributed by atoms with Crippen LogP contribution in [0, 0.1) is 18.3 Å². The Morgan fingerprint density at radius 2 is 1.71 bits per heavy atom. The molecule has 0 heterocycles. The zero-order chi connectivity index (χ0) is 15.6. The highest BCUT2D eigenvalue weighted by molar-refractivity contribution is 5.87. The van der Waals surface area contributed by atoms with Gasteiger partial charge in [0, 0.05) is 0 Å². The van der Waals surface area contributed by atoms with Crippen molar-refractivity contribution in [2.75, 3.05) is 0 Å². The Bertz CT molecular complexity index is 607. The van der Waals surface area contributed by atoms with Gasteiger partial charge in [-0.25, -0.2) is 0 Å². The SMILES string of the molecule is Cc1ccc2ccccc2c1C(O)CC(C)CC(C)(C)C. The van der Waals surface area contributed by atoms with E-state index in [2.05, 4.69) is 71.0 Å². The van der Waals surface area contributed by atoms with Crippen molar-refractivity contribution in [2.24, 2.45) is 11.3 Å². The van der Waals surface area contributed by atoms with Gasteiger partial charge in [0.2, 0.25) is 0 Å². The van der Waals surface area contributed by atoms with Crippen LogP contribution < -0.4 is 0 Å². The summed E-state index contributed by atoms with van der Waals surface area (Å²) in [5.74, 6) is 0.512. The second kappa shape index (κ2) is 6.19. The van der Waals surface area contributed by atoms with Crippen LogP contribution in [0.5, 0.6) is 0 Å². The van der Waals surface area contributed by atoms with Gasteiger partial charge in [0.15, 0.2) is 0 Å². The van der Waals surface area contributed by atoms with Crippen LogP contribution in [0.15, 0.2) is 36.4 Å². The molecule has 1 N–H and O–H groups in total. The molecule has 0 spiro atoms. The predicted molar refractivity (Wildman–Crippen MR) is 91.5 cm³/mol. The van der Waals surface area contributed by atoms with Crippen molar-refractivity contribution >= 4 is 10.8 Å². The summed E-state index contributed by atoms with van der Waals surface area (Å²) < 4.78 is 0. The molecule has 0 bridgehead atoms. The van der Waals surface area contributed by atoms with Gasteiger partial charge in [-0.15, -0.1) is 0 Å². The van der Waals surface area contributed by atoms with Crippen LogP contribution in [0.2, 0.25) is 0 Å². The Labute approximate surface area is 129 Å². The Kier molecular flexibility index (Phi) is 4.73. The van der Waals surface area contributed by atoms with Gasteiger partial charge in [0.25, 0.3) is 0 Å². The van der Waals surface area contributed by atoms with E-state index in [0.717, 1.165) is 18.4 Å².